The molecule has 134 valence electrons. The van der Waals surface area contributed by atoms with Gasteiger partial charge in [-0.2, -0.15) is 0 Å². The van der Waals surface area contributed by atoms with Crippen LogP contribution in [-0.4, -0.2) is 20.4 Å². The number of aryl methyl sites for hydroxylation is 1. The molecule has 0 aliphatic carbocycles. The Labute approximate surface area is 159 Å². The number of pyridine rings is 1. The van der Waals surface area contributed by atoms with Crippen molar-refractivity contribution in [1.82, 2.24) is 14.5 Å². The number of carbonyl (C=O) groups is 1. The number of fused-ring (bicyclic) bond motifs is 1. The van der Waals surface area contributed by atoms with Gasteiger partial charge in [0.1, 0.15) is 5.82 Å². The van der Waals surface area contributed by atoms with E-state index >= 15 is 0 Å². The number of carbonyl (C=O) groups excluding carboxylic acids is 1. The number of anilines is 1. The lowest BCUT2D eigenvalue weighted by molar-refractivity contribution is 0.102. The Morgan fingerprint density at radius 2 is 2.00 bits per heavy atom. The summed E-state index contributed by atoms with van der Waals surface area (Å²) in [6.07, 6.45) is 1.68. The molecule has 27 heavy (non-hydrogen) atoms. The molecule has 7 heteroatoms. The molecule has 0 fully saturated rings. The summed E-state index contributed by atoms with van der Waals surface area (Å²) in [6, 6.07) is 15.0. The van der Waals surface area contributed by atoms with Crippen molar-refractivity contribution in [3.05, 3.63) is 77.2 Å². The highest BCUT2D eigenvalue weighted by atomic mass is 35.5. The first-order valence-electron chi connectivity index (χ1n) is 8.17. The van der Waals surface area contributed by atoms with E-state index in [1.807, 2.05) is 18.2 Å². The maximum atomic E-state index is 13.4. The summed E-state index contributed by atoms with van der Waals surface area (Å²) in [5, 5.41) is 3.06. The predicted molar refractivity (Wildman–Crippen MR) is 103 cm³/mol. The molecule has 0 aliphatic heterocycles. The van der Waals surface area contributed by atoms with Gasteiger partial charge >= 0.3 is 0 Å². The van der Waals surface area contributed by atoms with Crippen molar-refractivity contribution >= 4 is 34.5 Å². The smallest absolute Gasteiger partial charge is 0.259 e. The Kier molecular flexibility index (Phi) is 4.33. The molecule has 0 spiro atoms. The molecule has 0 saturated carbocycles. The van der Waals surface area contributed by atoms with Gasteiger partial charge in [-0.25, -0.2) is 9.37 Å². The normalized spacial score (nSPS) is 10.9. The number of aromatic nitrogens is 3. The molecule has 0 saturated heterocycles. The van der Waals surface area contributed by atoms with E-state index in [-0.39, 0.29) is 5.82 Å². The molecule has 4 rings (SSSR count). The molecule has 1 N–H and O–H groups in total. The largest absolute Gasteiger partial charge is 0.313 e. The highest BCUT2D eigenvalue weighted by Crippen LogP contribution is 2.25. The third-order valence-electron chi connectivity index (χ3n) is 4.24. The van der Waals surface area contributed by atoms with Crippen LogP contribution in [0.3, 0.4) is 0 Å². The summed E-state index contributed by atoms with van der Waals surface area (Å²) >= 11 is 6.23. The number of amides is 1. The van der Waals surface area contributed by atoms with E-state index < -0.39 is 5.91 Å². The number of imidazole rings is 1. The van der Waals surface area contributed by atoms with Gasteiger partial charge in [0, 0.05) is 24.9 Å². The highest BCUT2D eigenvalue weighted by molar-refractivity contribution is 6.34. The molecule has 2 aromatic heterocycles. The second-order valence-electron chi connectivity index (χ2n) is 5.99. The van der Waals surface area contributed by atoms with Gasteiger partial charge in [-0.1, -0.05) is 23.7 Å². The first-order valence-corrected chi connectivity index (χ1v) is 8.55. The number of rotatable bonds is 3. The number of nitrogens with zero attached hydrogens (tertiary/aromatic N) is 3. The number of hydrogen-bond acceptors (Lipinski definition) is 3. The van der Waals surface area contributed by atoms with E-state index in [0.717, 1.165) is 11.3 Å². The van der Waals surface area contributed by atoms with Gasteiger partial charge in [0.25, 0.3) is 5.91 Å². The lowest BCUT2D eigenvalue weighted by Crippen LogP contribution is -2.15. The first kappa shape index (κ1) is 17.2. The first-order chi connectivity index (χ1) is 13.0. The molecule has 2 aromatic carbocycles. The van der Waals surface area contributed by atoms with Gasteiger partial charge in [0.15, 0.2) is 0 Å². The quantitative estimate of drug-likeness (QED) is 0.561. The van der Waals surface area contributed by atoms with Crippen LogP contribution in [0, 0.1) is 5.82 Å². The second kappa shape index (κ2) is 6.81. The summed E-state index contributed by atoms with van der Waals surface area (Å²) in [5.74, 6) is -0.485. The second-order valence-corrected chi connectivity index (χ2v) is 6.40. The number of benzene rings is 2. The van der Waals surface area contributed by atoms with E-state index in [0.29, 0.717) is 27.6 Å². The van der Waals surface area contributed by atoms with E-state index in [4.69, 9.17) is 11.6 Å². The third kappa shape index (κ3) is 3.27. The average molecular weight is 381 g/mol. The van der Waals surface area contributed by atoms with Crippen LogP contribution in [0.25, 0.3) is 22.3 Å². The van der Waals surface area contributed by atoms with E-state index in [1.54, 1.807) is 42.1 Å². The fraction of sp³-hybridized carbons (Fsp3) is 0.0500. The van der Waals surface area contributed by atoms with Crippen LogP contribution < -0.4 is 5.32 Å². The topological polar surface area (TPSA) is 59.8 Å². The Morgan fingerprint density at radius 1 is 1.15 bits per heavy atom. The van der Waals surface area contributed by atoms with Gasteiger partial charge in [0.2, 0.25) is 5.95 Å². The molecule has 0 bridgehead atoms. The number of halogens is 2. The van der Waals surface area contributed by atoms with E-state index in [9.17, 15) is 9.18 Å². The van der Waals surface area contributed by atoms with Crippen molar-refractivity contribution in [2.75, 3.05) is 5.32 Å². The molecule has 0 atom stereocenters. The van der Waals surface area contributed by atoms with Crippen molar-refractivity contribution in [2.24, 2.45) is 7.05 Å². The summed E-state index contributed by atoms with van der Waals surface area (Å²) < 4.78 is 15.1. The van der Waals surface area contributed by atoms with Gasteiger partial charge < -0.3 is 4.57 Å². The highest BCUT2D eigenvalue weighted by Gasteiger charge is 2.16. The monoisotopic (exact) mass is 380 g/mol. The molecule has 0 aliphatic rings. The van der Waals surface area contributed by atoms with Crippen molar-refractivity contribution in [2.45, 2.75) is 0 Å². The predicted octanol–water partition coefficient (Wildman–Crippen LogP) is 4.68. The minimum atomic E-state index is -0.406. The summed E-state index contributed by atoms with van der Waals surface area (Å²) in [7, 11) is 1.74. The zero-order valence-electron chi connectivity index (χ0n) is 14.3. The lowest BCUT2D eigenvalue weighted by Gasteiger charge is -2.09. The molecule has 0 unspecified atom stereocenters. The summed E-state index contributed by atoms with van der Waals surface area (Å²) in [5.41, 5.74) is 2.98. The van der Waals surface area contributed by atoms with Crippen LogP contribution in [0.4, 0.5) is 10.3 Å². The van der Waals surface area contributed by atoms with Gasteiger partial charge in [-0.3, -0.25) is 15.1 Å². The van der Waals surface area contributed by atoms with Crippen molar-refractivity contribution in [3.8, 4) is 11.3 Å². The standard InChI is InChI=1S/C20H14ClFN4O/c1-26-18-8-6-13(22)11-17(18)24-20(26)25-19(27)14-10-12(5-7-15(14)21)16-4-2-3-9-23-16/h2-11H,1H3,(H,24,25,27). The van der Waals surface area contributed by atoms with Crippen LogP contribution in [0.2, 0.25) is 5.02 Å². The molecular weight excluding hydrogens is 367 g/mol. The minimum absolute atomic E-state index is 0.304. The Hall–Kier alpha value is -3.25. The van der Waals surface area contributed by atoms with E-state index in [1.165, 1.54) is 12.1 Å². The van der Waals surface area contributed by atoms with Gasteiger partial charge in [-0.05, 0) is 36.4 Å². The maximum Gasteiger partial charge on any atom is 0.259 e. The Bertz CT molecular complexity index is 1160. The van der Waals surface area contributed by atoms with E-state index in [2.05, 4.69) is 15.3 Å². The number of hydrogen-bond donors (Lipinski definition) is 1. The molecule has 0 radical (unpaired) electrons. The summed E-state index contributed by atoms with van der Waals surface area (Å²) in [4.78, 5) is 21.3. The number of nitrogens with one attached hydrogen (secondary N) is 1. The molecular formula is C20H14ClFN4O. The minimum Gasteiger partial charge on any atom is -0.313 e. The van der Waals surface area contributed by atoms with Crippen LogP contribution in [0.5, 0.6) is 0 Å². The maximum absolute atomic E-state index is 13.4. The van der Waals surface area contributed by atoms with Gasteiger partial charge in [-0.15, -0.1) is 0 Å². The van der Waals surface area contributed by atoms with Crippen molar-refractivity contribution < 1.29 is 9.18 Å². The third-order valence-corrected chi connectivity index (χ3v) is 4.57. The Morgan fingerprint density at radius 3 is 2.78 bits per heavy atom. The van der Waals surface area contributed by atoms with Crippen molar-refractivity contribution in [1.29, 1.82) is 0 Å². The van der Waals surface area contributed by atoms with Crippen LogP contribution in [0.15, 0.2) is 60.8 Å². The lowest BCUT2D eigenvalue weighted by atomic mass is 10.1. The zero-order valence-corrected chi connectivity index (χ0v) is 15.0. The van der Waals surface area contributed by atoms with Gasteiger partial charge in [0.05, 0.1) is 27.3 Å². The SMILES string of the molecule is Cn1c(NC(=O)c2cc(-c3ccccn3)ccc2Cl)nc2cc(F)ccc21. The summed E-state index contributed by atoms with van der Waals surface area (Å²) in [6.45, 7) is 0. The zero-order chi connectivity index (χ0) is 19.0. The fourth-order valence-corrected chi connectivity index (χ4v) is 3.05. The Balaban J connectivity index is 1.68. The van der Waals surface area contributed by atoms with Crippen LogP contribution >= 0.6 is 11.6 Å². The van der Waals surface area contributed by atoms with Crippen LogP contribution in [0.1, 0.15) is 10.4 Å². The molecule has 5 nitrogen and oxygen atoms in total. The average Bonchev–Trinajstić information content (AvgIpc) is 2.97. The van der Waals surface area contributed by atoms with Crippen molar-refractivity contribution in [3.63, 3.8) is 0 Å². The fourth-order valence-electron chi connectivity index (χ4n) is 2.85. The molecule has 2 heterocycles. The van der Waals surface area contributed by atoms with Crippen LogP contribution in [-0.2, 0) is 7.05 Å². The molecule has 1 amide bonds. The molecule has 4 aromatic rings.